The highest BCUT2D eigenvalue weighted by Gasteiger charge is 2.28. The zero-order valence-corrected chi connectivity index (χ0v) is 12.8. The molecule has 0 aromatic carbocycles. The smallest absolute Gasteiger partial charge is 0.317 e. The summed E-state index contributed by atoms with van der Waals surface area (Å²) in [6.07, 6.45) is 9.40. The molecule has 1 atom stereocenters. The minimum Gasteiger partial charge on any atom is -0.480 e. The Kier molecular flexibility index (Phi) is 6.30. The Morgan fingerprint density at radius 1 is 1.20 bits per heavy atom. The van der Waals surface area contributed by atoms with Gasteiger partial charge in [0.2, 0.25) is 0 Å². The minimum absolute atomic E-state index is 0.0953. The standard InChI is InChI=1S/C16H30N2O2/c1-2-13-5-7-15(8-6-13)18-9-3-4-14(12-18)10-17-11-16(19)20/h13-15,17H,2-12H2,1H3,(H,19,20). The highest BCUT2D eigenvalue weighted by atomic mass is 16.4. The molecule has 0 spiro atoms. The lowest BCUT2D eigenvalue weighted by atomic mass is 9.83. The van der Waals surface area contributed by atoms with Crippen LogP contribution in [0.2, 0.25) is 0 Å². The first kappa shape index (κ1) is 15.8. The van der Waals surface area contributed by atoms with Gasteiger partial charge >= 0.3 is 5.97 Å². The van der Waals surface area contributed by atoms with E-state index in [2.05, 4.69) is 17.1 Å². The molecule has 116 valence electrons. The third-order valence-corrected chi connectivity index (χ3v) is 5.17. The molecule has 4 nitrogen and oxygen atoms in total. The van der Waals surface area contributed by atoms with Crippen molar-refractivity contribution in [3.8, 4) is 0 Å². The van der Waals surface area contributed by atoms with Gasteiger partial charge in [-0.15, -0.1) is 0 Å². The number of aliphatic carboxylic acids is 1. The molecule has 20 heavy (non-hydrogen) atoms. The Hall–Kier alpha value is -0.610. The molecule has 0 aromatic heterocycles. The van der Waals surface area contributed by atoms with Crippen molar-refractivity contribution in [2.45, 2.75) is 57.9 Å². The van der Waals surface area contributed by atoms with Crippen molar-refractivity contribution in [3.05, 3.63) is 0 Å². The summed E-state index contributed by atoms with van der Waals surface area (Å²) in [7, 11) is 0. The molecule has 0 amide bonds. The monoisotopic (exact) mass is 282 g/mol. The van der Waals surface area contributed by atoms with Crippen molar-refractivity contribution in [3.63, 3.8) is 0 Å². The Bertz CT molecular complexity index is 301. The second kappa shape index (κ2) is 7.99. The fourth-order valence-electron chi connectivity index (χ4n) is 3.90. The first-order chi connectivity index (χ1) is 9.69. The van der Waals surface area contributed by atoms with Crippen LogP contribution in [0.3, 0.4) is 0 Å². The average molecular weight is 282 g/mol. The van der Waals surface area contributed by atoms with Crippen LogP contribution in [0.15, 0.2) is 0 Å². The number of rotatable bonds is 6. The Balaban J connectivity index is 1.71. The topological polar surface area (TPSA) is 52.6 Å². The van der Waals surface area contributed by atoms with Gasteiger partial charge in [0.1, 0.15) is 0 Å². The van der Waals surface area contributed by atoms with Gasteiger partial charge in [0.05, 0.1) is 6.54 Å². The molecule has 0 aromatic rings. The summed E-state index contributed by atoms with van der Waals surface area (Å²) in [4.78, 5) is 13.2. The maximum absolute atomic E-state index is 10.5. The van der Waals surface area contributed by atoms with E-state index >= 15 is 0 Å². The average Bonchev–Trinajstić information content (AvgIpc) is 2.47. The number of piperidine rings is 1. The van der Waals surface area contributed by atoms with Gasteiger partial charge in [0.25, 0.3) is 0 Å². The lowest BCUT2D eigenvalue weighted by Crippen LogP contribution is -2.46. The summed E-state index contributed by atoms with van der Waals surface area (Å²) in [6.45, 7) is 5.67. The van der Waals surface area contributed by atoms with Gasteiger partial charge in [-0.05, 0) is 63.5 Å². The van der Waals surface area contributed by atoms with Crippen molar-refractivity contribution in [2.24, 2.45) is 11.8 Å². The van der Waals surface area contributed by atoms with Gasteiger partial charge in [-0.25, -0.2) is 0 Å². The molecule has 2 fully saturated rings. The summed E-state index contributed by atoms with van der Waals surface area (Å²) < 4.78 is 0. The molecule has 1 heterocycles. The molecule has 0 radical (unpaired) electrons. The second-order valence-corrected chi connectivity index (χ2v) is 6.61. The van der Waals surface area contributed by atoms with Crippen LogP contribution in [0.5, 0.6) is 0 Å². The third kappa shape index (κ3) is 4.74. The fourth-order valence-corrected chi connectivity index (χ4v) is 3.90. The number of carboxylic acids is 1. The van der Waals surface area contributed by atoms with Gasteiger partial charge in [-0.2, -0.15) is 0 Å². The van der Waals surface area contributed by atoms with Gasteiger partial charge in [0.15, 0.2) is 0 Å². The molecule has 2 N–H and O–H groups in total. The van der Waals surface area contributed by atoms with Gasteiger partial charge in [0, 0.05) is 12.6 Å². The molecule has 0 bridgehead atoms. The Labute approximate surface area is 122 Å². The molecule has 1 unspecified atom stereocenters. The number of hydrogen-bond donors (Lipinski definition) is 2. The van der Waals surface area contributed by atoms with E-state index in [1.54, 1.807) is 0 Å². The van der Waals surface area contributed by atoms with Crippen molar-refractivity contribution in [1.29, 1.82) is 0 Å². The van der Waals surface area contributed by atoms with E-state index in [0.717, 1.165) is 25.0 Å². The minimum atomic E-state index is -0.754. The van der Waals surface area contributed by atoms with Crippen LogP contribution in [0.4, 0.5) is 0 Å². The van der Waals surface area contributed by atoms with Gasteiger partial charge in [-0.1, -0.05) is 13.3 Å². The number of carbonyl (C=O) groups is 1. The van der Waals surface area contributed by atoms with Crippen molar-refractivity contribution in [1.82, 2.24) is 10.2 Å². The predicted octanol–water partition coefficient (Wildman–Crippen LogP) is 2.34. The maximum Gasteiger partial charge on any atom is 0.317 e. The van der Waals surface area contributed by atoms with E-state index in [0.29, 0.717) is 5.92 Å². The molecular formula is C16H30N2O2. The van der Waals surface area contributed by atoms with Crippen molar-refractivity contribution < 1.29 is 9.90 Å². The van der Waals surface area contributed by atoms with Crippen LogP contribution >= 0.6 is 0 Å². The normalized spacial score (nSPS) is 32.1. The van der Waals surface area contributed by atoms with E-state index in [-0.39, 0.29) is 6.54 Å². The second-order valence-electron chi connectivity index (χ2n) is 6.61. The highest BCUT2D eigenvalue weighted by molar-refractivity contribution is 5.68. The zero-order chi connectivity index (χ0) is 14.4. The number of carboxylic acid groups (broad SMARTS) is 1. The van der Waals surface area contributed by atoms with Crippen LogP contribution in [0.25, 0.3) is 0 Å². The number of nitrogens with one attached hydrogen (secondary N) is 1. The van der Waals surface area contributed by atoms with E-state index in [1.807, 2.05) is 0 Å². The van der Waals surface area contributed by atoms with Crippen molar-refractivity contribution in [2.75, 3.05) is 26.2 Å². The molecule has 2 aliphatic rings. The molecule has 4 heteroatoms. The molecule has 1 aliphatic heterocycles. The van der Waals surface area contributed by atoms with E-state index in [9.17, 15) is 4.79 Å². The van der Waals surface area contributed by atoms with Gasteiger partial charge < -0.3 is 15.3 Å². The quantitative estimate of drug-likeness (QED) is 0.785. The lowest BCUT2D eigenvalue weighted by Gasteiger charge is -2.41. The Morgan fingerprint density at radius 3 is 2.60 bits per heavy atom. The highest BCUT2D eigenvalue weighted by Crippen LogP contribution is 2.31. The first-order valence-electron chi connectivity index (χ1n) is 8.35. The van der Waals surface area contributed by atoms with E-state index in [4.69, 9.17) is 5.11 Å². The molecule has 1 aliphatic carbocycles. The van der Waals surface area contributed by atoms with Crippen LogP contribution in [0.1, 0.15) is 51.9 Å². The van der Waals surface area contributed by atoms with Crippen LogP contribution in [-0.2, 0) is 4.79 Å². The fraction of sp³-hybridized carbons (Fsp3) is 0.938. The van der Waals surface area contributed by atoms with E-state index in [1.165, 1.54) is 51.5 Å². The molecule has 1 saturated carbocycles. The van der Waals surface area contributed by atoms with Crippen molar-refractivity contribution >= 4 is 5.97 Å². The summed E-state index contributed by atoms with van der Waals surface area (Å²) in [6, 6.07) is 0.792. The molecule has 1 saturated heterocycles. The number of likely N-dealkylation sites (tertiary alicyclic amines) is 1. The SMILES string of the molecule is CCC1CCC(N2CCCC(CNCC(=O)O)C2)CC1. The largest absolute Gasteiger partial charge is 0.480 e. The summed E-state index contributed by atoms with van der Waals surface area (Å²) >= 11 is 0. The van der Waals surface area contributed by atoms with Gasteiger partial charge in [-0.3, -0.25) is 4.79 Å². The Morgan fingerprint density at radius 2 is 1.95 bits per heavy atom. The summed E-state index contributed by atoms with van der Waals surface area (Å²) in [5.74, 6) is 0.839. The summed E-state index contributed by atoms with van der Waals surface area (Å²) in [5.41, 5.74) is 0. The summed E-state index contributed by atoms with van der Waals surface area (Å²) in [5, 5.41) is 11.7. The number of hydrogen-bond acceptors (Lipinski definition) is 3. The molecule has 2 rings (SSSR count). The lowest BCUT2D eigenvalue weighted by molar-refractivity contribution is -0.136. The third-order valence-electron chi connectivity index (χ3n) is 5.17. The van der Waals surface area contributed by atoms with Crippen LogP contribution in [0, 0.1) is 11.8 Å². The number of nitrogens with zero attached hydrogens (tertiary/aromatic N) is 1. The zero-order valence-electron chi connectivity index (χ0n) is 12.8. The first-order valence-corrected chi connectivity index (χ1v) is 8.35. The molecular weight excluding hydrogens is 252 g/mol. The van der Waals surface area contributed by atoms with E-state index < -0.39 is 5.97 Å². The predicted molar refractivity (Wildman–Crippen MR) is 80.8 cm³/mol. The maximum atomic E-state index is 10.5. The van der Waals surface area contributed by atoms with Crippen LogP contribution in [-0.4, -0.2) is 48.2 Å². The van der Waals surface area contributed by atoms with Crippen LogP contribution < -0.4 is 5.32 Å².